The van der Waals surface area contributed by atoms with Crippen LogP contribution in [0.3, 0.4) is 0 Å². The van der Waals surface area contributed by atoms with E-state index in [1.54, 1.807) is 56.7 Å². The van der Waals surface area contributed by atoms with Crippen LogP contribution in [0.15, 0.2) is 59.3 Å². The predicted molar refractivity (Wildman–Crippen MR) is 141 cm³/mol. The fourth-order valence-corrected chi connectivity index (χ4v) is 3.87. The molecule has 1 heterocycles. The molecule has 2 aromatic carbocycles. The fraction of sp³-hybridized carbons (Fsp3) is 0.346. The van der Waals surface area contributed by atoms with E-state index in [0.29, 0.717) is 16.9 Å². The summed E-state index contributed by atoms with van der Waals surface area (Å²) >= 11 is 5.49. The van der Waals surface area contributed by atoms with E-state index in [2.05, 4.69) is 10.6 Å². The lowest BCUT2D eigenvalue weighted by molar-refractivity contribution is -0.155. The van der Waals surface area contributed by atoms with Gasteiger partial charge in [-0.2, -0.15) is 13.2 Å². The van der Waals surface area contributed by atoms with Gasteiger partial charge >= 0.3 is 12.1 Å². The molecular formula is C26H30F3N5O3S. The molecule has 1 atom stereocenters. The van der Waals surface area contributed by atoms with Crippen LogP contribution >= 0.6 is 12.2 Å². The van der Waals surface area contributed by atoms with Crippen molar-refractivity contribution in [2.75, 3.05) is 17.7 Å². The van der Waals surface area contributed by atoms with Crippen molar-refractivity contribution in [1.29, 1.82) is 5.41 Å². The van der Waals surface area contributed by atoms with E-state index in [4.69, 9.17) is 32.5 Å². The molecule has 0 spiro atoms. The van der Waals surface area contributed by atoms with Crippen LogP contribution in [0.2, 0.25) is 0 Å². The number of nitrogens with one attached hydrogen (secondary N) is 3. The number of aromatic nitrogens is 1. The van der Waals surface area contributed by atoms with Gasteiger partial charge in [0.1, 0.15) is 12.9 Å². The topological polar surface area (TPSA) is 118 Å². The van der Waals surface area contributed by atoms with Gasteiger partial charge in [-0.15, -0.1) is 0 Å². The van der Waals surface area contributed by atoms with Crippen molar-refractivity contribution in [1.82, 2.24) is 9.88 Å². The zero-order chi connectivity index (χ0) is 28.3. The molecule has 0 aliphatic heterocycles. The first kappa shape index (κ1) is 28.8. The number of hydrogen-bond acceptors (Lipinski definition) is 6. The summed E-state index contributed by atoms with van der Waals surface area (Å²) in [6.07, 6.45) is -1.56. The Labute approximate surface area is 223 Å². The SMILES string of the molecule is CC(C)(C)C(=O)OCC(C)(NC(=S)Nc1cccc(Cn2ccoc2=N)c1N)c1cccc(C(F)(F)F)c1. The van der Waals surface area contributed by atoms with E-state index in [1.807, 2.05) is 0 Å². The van der Waals surface area contributed by atoms with Crippen LogP contribution < -0.4 is 22.1 Å². The number of nitrogens with zero attached hydrogens (tertiary/aromatic N) is 1. The molecule has 0 aliphatic rings. The molecule has 3 rings (SSSR count). The minimum Gasteiger partial charge on any atom is -0.462 e. The Hall–Kier alpha value is -3.80. The molecule has 0 fully saturated rings. The van der Waals surface area contributed by atoms with Crippen molar-refractivity contribution < 1.29 is 27.1 Å². The van der Waals surface area contributed by atoms with E-state index < -0.39 is 28.7 Å². The number of nitrogens with two attached hydrogens (primary N) is 1. The van der Waals surface area contributed by atoms with Gasteiger partial charge in [0.25, 0.3) is 5.68 Å². The second-order valence-corrected chi connectivity index (χ2v) is 10.4. The Morgan fingerprint density at radius 1 is 1.13 bits per heavy atom. The maximum Gasteiger partial charge on any atom is 0.416 e. The number of hydrogen-bond donors (Lipinski definition) is 4. The molecule has 12 heteroatoms. The number of halogens is 3. The summed E-state index contributed by atoms with van der Waals surface area (Å²) < 4.78 is 52.4. The van der Waals surface area contributed by atoms with Gasteiger partial charge in [0, 0.05) is 6.20 Å². The lowest BCUT2D eigenvalue weighted by atomic mass is 9.91. The quantitative estimate of drug-likeness (QED) is 0.186. The highest BCUT2D eigenvalue weighted by Crippen LogP contribution is 2.33. The van der Waals surface area contributed by atoms with Crippen molar-refractivity contribution in [3.63, 3.8) is 0 Å². The predicted octanol–water partition coefficient (Wildman–Crippen LogP) is 5.00. The molecule has 0 aliphatic carbocycles. The van der Waals surface area contributed by atoms with E-state index in [0.717, 1.165) is 12.1 Å². The van der Waals surface area contributed by atoms with Gasteiger partial charge in [-0.05, 0) is 69.2 Å². The van der Waals surface area contributed by atoms with Gasteiger partial charge in [-0.3, -0.25) is 14.8 Å². The Bertz CT molecular complexity index is 1380. The molecule has 38 heavy (non-hydrogen) atoms. The molecule has 8 nitrogen and oxygen atoms in total. The van der Waals surface area contributed by atoms with Crippen LogP contribution in [-0.4, -0.2) is 22.3 Å². The average Bonchev–Trinajstić information content (AvgIpc) is 3.23. The smallest absolute Gasteiger partial charge is 0.416 e. The van der Waals surface area contributed by atoms with E-state index >= 15 is 0 Å². The monoisotopic (exact) mass is 549 g/mol. The normalized spacial score (nSPS) is 13.4. The molecule has 3 aromatic rings. The fourth-order valence-electron chi connectivity index (χ4n) is 3.53. The molecular weight excluding hydrogens is 519 g/mol. The molecule has 0 bridgehead atoms. The van der Waals surface area contributed by atoms with Crippen molar-refractivity contribution in [3.05, 3.63) is 77.3 Å². The lowest BCUT2D eigenvalue weighted by Crippen LogP contribution is -2.49. The highest BCUT2D eigenvalue weighted by Gasteiger charge is 2.36. The molecule has 5 N–H and O–H groups in total. The van der Waals surface area contributed by atoms with Gasteiger partial charge in [-0.25, -0.2) is 0 Å². The number of alkyl halides is 3. The van der Waals surface area contributed by atoms with E-state index in [9.17, 15) is 18.0 Å². The molecule has 1 unspecified atom stereocenters. The molecule has 204 valence electrons. The lowest BCUT2D eigenvalue weighted by Gasteiger charge is -2.33. The summed E-state index contributed by atoms with van der Waals surface area (Å²) in [7, 11) is 0. The summed E-state index contributed by atoms with van der Waals surface area (Å²) in [5.74, 6) is -0.515. The van der Waals surface area contributed by atoms with Crippen LogP contribution in [-0.2, 0) is 27.8 Å². The number of thiocarbonyl (C=S) groups is 1. The molecule has 0 saturated carbocycles. The summed E-state index contributed by atoms with van der Waals surface area (Å²) in [5.41, 5.74) is 5.06. The second kappa shape index (κ2) is 10.9. The van der Waals surface area contributed by atoms with Crippen molar-refractivity contribution >= 4 is 34.7 Å². The van der Waals surface area contributed by atoms with Crippen molar-refractivity contribution in [2.45, 2.75) is 46.0 Å². The molecule has 0 saturated heterocycles. The summed E-state index contributed by atoms with van der Waals surface area (Å²) in [6, 6.07) is 9.98. The Balaban J connectivity index is 1.87. The summed E-state index contributed by atoms with van der Waals surface area (Å²) in [4.78, 5) is 12.5. The molecule has 1 aromatic heterocycles. The zero-order valence-corrected chi connectivity index (χ0v) is 22.2. The van der Waals surface area contributed by atoms with Crippen LogP contribution in [0.5, 0.6) is 0 Å². The molecule has 0 radical (unpaired) electrons. The maximum absolute atomic E-state index is 13.4. The highest BCUT2D eigenvalue weighted by atomic mass is 32.1. The van der Waals surface area contributed by atoms with Crippen molar-refractivity contribution in [2.24, 2.45) is 5.41 Å². The summed E-state index contributed by atoms with van der Waals surface area (Å²) in [5, 5.41) is 13.8. The van der Waals surface area contributed by atoms with E-state index in [-0.39, 0.29) is 29.5 Å². The third-order valence-electron chi connectivity index (χ3n) is 5.79. The van der Waals surface area contributed by atoms with E-state index in [1.165, 1.54) is 18.4 Å². The Morgan fingerprint density at radius 2 is 1.79 bits per heavy atom. The summed E-state index contributed by atoms with van der Waals surface area (Å²) in [6.45, 7) is 6.62. The number of nitrogen functional groups attached to an aromatic ring is 1. The standard InChI is InChI=1S/C26H30F3N5O3S/c1-24(2,3)21(35)37-15-25(4,17-8-6-9-18(13-17)26(27,28)29)33-23(38)32-19-10-5-7-16(20(19)30)14-34-11-12-36-22(34)31/h5-13,31H,14-15,30H2,1-4H3,(H2,32,33,38). The number of para-hydroxylation sites is 1. The number of carbonyl (C=O) groups excluding carboxylic acids is 1. The largest absolute Gasteiger partial charge is 0.462 e. The minimum absolute atomic E-state index is 0.0402. The van der Waals surface area contributed by atoms with Gasteiger partial charge in [0.2, 0.25) is 0 Å². The number of esters is 1. The van der Waals surface area contributed by atoms with Gasteiger partial charge < -0.3 is 25.5 Å². The van der Waals surface area contributed by atoms with Crippen LogP contribution in [0.4, 0.5) is 24.5 Å². The number of anilines is 2. The maximum atomic E-state index is 13.4. The Morgan fingerprint density at radius 3 is 2.39 bits per heavy atom. The third kappa shape index (κ3) is 6.94. The number of oxazole rings is 1. The van der Waals surface area contributed by atoms with Crippen LogP contribution in [0.25, 0.3) is 0 Å². The number of rotatable bonds is 7. The minimum atomic E-state index is -4.56. The van der Waals surface area contributed by atoms with Gasteiger partial charge in [0.15, 0.2) is 5.11 Å². The number of carbonyl (C=O) groups is 1. The van der Waals surface area contributed by atoms with Crippen LogP contribution in [0.1, 0.15) is 44.4 Å². The van der Waals surface area contributed by atoms with Gasteiger partial charge in [-0.1, -0.05) is 24.3 Å². The third-order valence-corrected chi connectivity index (χ3v) is 5.99. The first-order valence-corrected chi connectivity index (χ1v) is 12.0. The second-order valence-electron chi connectivity index (χ2n) is 10.0. The van der Waals surface area contributed by atoms with Crippen molar-refractivity contribution in [3.8, 4) is 0 Å². The Kier molecular flexibility index (Phi) is 8.25. The first-order chi connectivity index (χ1) is 17.6. The molecule has 0 amide bonds. The van der Waals surface area contributed by atoms with Crippen LogP contribution in [0, 0.1) is 10.8 Å². The first-order valence-electron chi connectivity index (χ1n) is 11.6. The number of ether oxygens (including phenoxy) is 1. The zero-order valence-electron chi connectivity index (χ0n) is 21.4. The number of benzene rings is 2. The highest BCUT2D eigenvalue weighted by molar-refractivity contribution is 7.80. The van der Waals surface area contributed by atoms with Gasteiger partial charge in [0.05, 0.1) is 34.4 Å². The average molecular weight is 550 g/mol.